The van der Waals surface area contributed by atoms with Crippen molar-refractivity contribution in [1.29, 1.82) is 0 Å². The maximum absolute atomic E-state index is 4.54. The van der Waals surface area contributed by atoms with Crippen molar-refractivity contribution in [2.75, 3.05) is 0 Å². The van der Waals surface area contributed by atoms with Crippen LogP contribution < -0.4 is 5.32 Å². The molecule has 0 aliphatic carbocycles. The number of nitrogens with one attached hydrogen (secondary N) is 1. The minimum atomic E-state index is 0.506. The van der Waals surface area contributed by atoms with Gasteiger partial charge in [0.2, 0.25) is 0 Å². The third-order valence-corrected chi connectivity index (χ3v) is 3.49. The van der Waals surface area contributed by atoms with Crippen LogP contribution in [0.1, 0.15) is 24.4 Å². The second-order valence-corrected chi connectivity index (χ2v) is 5.47. The van der Waals surface area contributed by atoms with Crippen molar-refractivity contribution in [3.63, 3.8) is 0 Å². The van der Waals surface area contributed by atoms with Gasteiger partial charge in [-0.2, -0.15) is 5.10 Å². The number of aryl methyl sites for hydroxylation is 2. The topological polar surface area (TPSA) is 29.9 Å². The average Bonchev–Trinajstić information content (AvgIpc) is 2.95. The zero-order chi connectivity index (χ0) is 12.1. The van der Waals surface area contributed by atoms with Crippen molar-refractivity contribution in [2.24, 2.45) is 0 Å². The number of aromatic nitrogens is 2. The van der Waals surface area contributed by atoms with Crippen LogP contribution in [0.4, 0.5) is 0 Å². The van der Waals surface area contributed by atoms with Gasteiger partial charge >= 0.3 is 0 Å². The first kappa shape index (κ1) is 12.3. The molecule has 3 nitrogen and oxygen atoms in total. The molecule has 0 radical (unpaired) electrons. The van der Waals surface area contributed by atoms with E-state index in [0.717, 1.165) is 25.2 Å². The van der Waals surface area contributed by atoms with Gasteiger partial charge in [-0.05, 0) is 17.5 Å². The van der Waals surface area contributed by atoms with Crippen LogP contribution in [0.5, 0.6) is 0 Å². The molecule has 0 saturated carbocycles. The monoisotopic (exact) mass is 249 g/mol. The highest BCUT2D eigenvalue weighted by atomic mass is 32.1. The Balaban J connectivity index is 1.81. The lowest BCUT2D eigenvalue weighted by atomic mass is 10.3. The van der Waals surface area contributed by atoms with Crippen molar-refractivity contribution in [3.05, 3.63) is 40.3 Å². The van der Waals surface area contributed by atoms with Crippen molar-refractivity contribution >= 4 is 11.3 Å². The van der Waals surface area contributed by atoms with E-state index < -0.39 is 0 Å². The summed E-state index contributed by atoms with van der Waals surface area (Å²) in [7, 11) is 0. The fourth-order valence-electron chi connectivity index (χ4n) is 1.61. The summed E-state index contributed by atoms with van der Waals surface area (Å²) in [6, 6.07) is 6.87. The quantitative estimate of drug-likeness (QED) is 0.853. The summed E-state index contributed by atoms with van der Waals surface area (Å²) in [4.78, 5) is 1.42. The molecular weight excluding hydrogens is 230 g/mol. The standard InChI is InChI=1S/C13H19N3S/c1-11(2)14-10-12-5-7-16(15-12)8-6-13-4-3-9-17-13/h3-5,7,9,11,14H,6,8,10H2,1-2H3. The van der Waals surface area contributed by atoms with E-state index >= 15 is 0 Å². The molecule has 0 aliphatic rings. The molecule has 0 fully saturated rings. The van der Waals surface area contributed by atoms with Gasteiger partial charge in [0.15, 0.2) is 0 Å². The molecule has 0 bridgehead atoms. The molecule has 2 aromatic rings. The Bertz CT molecular complexity index is 431. The minimum absolute atomic E-state index is 0.506. The van der Waals surface area contributed by atoms with Gasteiger partial charge in [0.1, 0.15) is 0 Å². The first-order chi connectivity index (χ1) is 8.24. The lowest BCUT2D eigenvalue weighted by molar-refractivity contribution is 0.560. The molecule has 0 atom stereocenters. The van der Waals surface area contributed by atoms with Crippen LogP contribution in [0.15, 0.2) is 29.8 Å². The summed E-state index contributed by atoms with van der Waals surface area (Å²) in [5.74, 6) is 0. The van der Waals surface area contributed by atoms with Gasteiger partial charge in [0.05, 0.1) is 5.69 Å². The van der Waals surface area contributed by atoms with Gasteiger partial charge in [0, 0.05) is 36.6 Å². The predicted octanol–water partition coefficient (Wildman–Crippen LogP) is 2.69. The Morgan fingerprint density at radius 2 is 2.29 bits per heavy atom. The molecule has 0 saturated heterocycles. The highest BCUT2D eigenvalue weighted by Crippen LogP contribution is 2.10. The molecular formula is C13H19N3S. The molecule has 17 heavy (non-hydrogen) atoms. The first-order valence-electron chi connectivity index (χ1n) is 6.02. The van der Waals surface area contributed by atoms with E-state index in [-0.39, 0.29) is 0 Å². The van der Waals surface area contributed by atoms with Gasteiger partial charge < -0.3 is 5.32 Å². The number of nitrogens with zero attached hydrogens (tertiary/aromatic N) is 2. The third-order valence-electron chi connectivity index (χ3n) is 2.55. The molecule has 1 N–H and O–H groups in total. The summed E-state index contributed by atoms with van der Waals surface area (Å²) in [5.41, 5.74) is 1.12. The highest BCUT2D eigenvalue weighted by molar-refractivity contribution is 7.09. The van der Waals surface area contributed by atoms with Crippen LogP contribution in [0, 0.1) is 0 Å². The van der Waals surface area contributed by atoms with Crippen LogP contribution in [0.2, 0.25) is 0 Å². The van der Waals surface area contributed by atoms with E-state index in [1.54, 1.807) is 0 Å². The van der Waals surface area contributed by atoms with Crippen molar-refractivity contribution in [3.8, 4) is 0 Å². The fourth-order valence-corrected chi connectivity index (χ4v) is 2.31. The average molecular weight is 249 g/mol. The summed E-state index contributed by atoms with van der Waals surface area (Å²) in [5, 5.41) is 10.0. The Morgan fingerprint density at radius 3 is 3.00 bits per heavy atom. The van der Waals surface area contributed by atoms with Crippen LogP contribution in [-0.2, 0) is 19.5 Å². The van der Waals surface area contributed by atoms with E-state index in [1.165, 1.54) is 4.88 Å². The summed E-state index contributed by atoms with van der Waals surface area (Å²) in [6.45, 7) is 6.10. The Labute approximate surface area is 106 Å². The molecule has 0 aromatic carbocycles. The molecule has 0 aliphatic heterocycles. The number of thiophene rings is 1. The lowest BCUT2D eigenvalue weighted by Crippen LogP contribution is -2.22. The maximum Gasteiger partial charge on any atom is 0.0762 e. The van der Waals surface area contributed by atoms with E-state index in [2.05, 4.69) is 54.0 Å². The van der Waals surface area contributed by atoms with Gasteiger partial charge in [0.25, 0.3) is 0 Å². The molecule has 2 aromatic heterocycles. The molecule has 92 valence electrons. The summed E-state index contributed by atoms with van der Waals surface area (Å²) >= 11 is 1.81. The summed E-state index contributed by atoms with van der Waals surface area (Å²) < 4.78 is 2.02. The van der Waals surface area contributed by atoms with Gasteiger partial charge in [-0.3, -0.25) is 4.68 Å². The highest BCUT2D eigenvalue weighted by Gasteiger charge is 2.01. The Hall–Kier alpha value is -1.13. The fraction of sp³-hybridized carbons (Fsp3) is 0.462. The van der Waals surface area contributed by atoms with Crippen molar-refractivity contribution < 1.29 is 0 Å². The molecule has 2 rings (SSSR count). The minimum Gasteiger partial charge on any atom is -0.309 e. The second-order valence-electron chi connectivity index (χ2n) is 4.44. The largest absolute Gasteiger partial charge is 0.309 e. The zero-order valence-electron chi connectivity index (χ0n) is 10.4. The molecule has 0 amide bonds. The smallest absolute Gasteiger partial charge is 0.0762 e. The predicted molar refractivity (Wildman–Crippen MR) is 72.2 cm³/mol. The molecule has 4 heteroatoms. The summed E-state index contributed by atoms with van der Waals surface area (Å²) in [6.07, 6.45) is 3.13. The van der Waals surface area contributed by atoms with Crippen molar-refractivity contribution in [2.45, 2.75) is 39.4 Å². The Kier molecular flexibility index (Phi) is 4.34. The normalized spacial score (nSPS) is 11.2. The first-order valence-corrected chi connectivity index (χ1v) is 6.90. The van der Waals surface area contributed by atoms with E-state index in [4.69, 9.17) is 0 Å². The zero-order valence-corrected chi connectivity index (χ0v) is 11.2. The van der Waals surface area contributed by atoms with Crippen molar-refractivity contribution in [1.82, 2.24) is 15.1 Å². The van der Waals surface area contributed by atoms with E-state index in [1.807, 2.05) is 16.0 Å². The number of rotatable bonds is 6. The van der Waals surface area contributed by atoms with Crippen LogP contribution >= 0.6 is 11.3 Å². The molecule has 0 unspecified atom stereocenters. The molecule has 0 spiro atoms. The van der Waals surface area contributed by atoms with Crippen LogP contribution in [0.25, 0.3) is 0 Å². The van der Waals surface area contributed by atoms with E-state index in [9.17, 15) is 0 Å². The van der Waals surface area contributed by atoms with Gasteiger partial charge in [-0.1, -0.05) is 19.9 Å². The third kappa shape index (κ3) is 3.98. The SMILES string of the molecule is CC(C)NCc1ccn(CCc2cccs2)n1. The second kappa shape index (κ2) is 5.98. The number of hydrogen-bond acceptors (Lipinski definition) is 3. The number of hydrogen-bond donors (Lipinski definition) is 1. The maximum atomic E-state index is 4.54. The van der Waals surface area contributed by atoms with Gasteiger partial charge in [-0.25, -0.2) is 0 Å². The van der Waals surface area contributed by atoms with E-state index in [0.29, 0.717) is 6.04 Å². The Morgan fingerprint density at radius 1 is 1.41 bits per heavy atom. The van der Waals surface area contributed by atoms with Gasteiger partial charge in [-0.15, -0.1) is 11.3 Å². The van der Waals surface area contributed by atoms with Crippen LogP contribution in [-0.4, -0.2) is 15.8 Å². The van der Waals surface area contributed by atoms with Crippen LogP contribution in [0.3, 0.4) is 0 Å². The lowest BCUT2D eigenvalue weighted by Gasteiger charge is -2.05. The molecule has 2 heterocycles.